The molecule has 3 aromatic carbocycles. The monoisotopic (exact) mass is 544 g/mol. The quantitative estimate of drug-likeness (QED) is 0.236. The molecule has 0 bridgehead atoms. The Kier molecular flexibility index (Phi) is 8.81. The van der Waals surface area contributed by atoms with Gasteiger partial charge in [0, 0.05) is 0 Å². The first kappa shape index (κ1) is 25.4. The molecule has 9 heteroatoms. The van der Waals surface area contributed by atoms with Crippen LogP contribution in [0.2, 0.25) is 5.02 Å². The van der Waals surface area contributed by atoms with E-state index < -0.39 is 17.5 Å². The Balaban J connectivity index is 1.77. The van der Waals surface area contributed by atoms with Crippen LogP contribution in [0.4, 0.5) is 0 Å². The van der Waals surface area contributed by atoms with Gasteiger partial charge in [-0.1, -0.05) is 72.3 Å². The van der Waals surface area contributed by atoms with E-state index in [1.165, 1.54) is 6.21 Å². The molecule has 0 aliphatic rings. The summed E-state index contributed by atoms with van der Waals surface area (Å²) in [4.78, 5) is 24.6. The van der Waals surface area contributed by atoms with Crippen LogP contribution in [-0.4, -0.2) is 36.4 Å². The van der Waals surface area contributed by atoms with Gasteiger partial charge >= 0.3 is 5.97 Å². The van der Waals surface area contributed by atoms with Crippen molar-refractivity contribution in [3.05, 3.63) is 99.0 Å². The maximum Gasteiger partial charge on any atom is 0.344 e. The first-order chi connectivity index (χ1) is 16.4. The lowest BCUT2D eigenvalue weighted by Gasteiger charge is -2.27. The first-order valence-electron chi connectivity index (χ1n) is 10.3. The Labute approximate surface area is 210 Å². The molecule has 0 aliphatic carbocycles. The number of hydrogen-bond donors (Lipinski definition) is 2. The molecule has 3 aromatic rings. The summed E-state index contributed by atoms with van der Waals surface area (Å²) >= 11 is 9.62. The number of nitrogens with one attached hydrogen (secondary N) is 1. The number of aliphatic hydroxyl groups is 1. The number of benzene rings is 3. The smallest absolute Gasteiger partial charge is 0.344 e. The maximum atomic E-state index is 13.1. The van der Waals surface area contributed by atoms with E-state index in [2.05, 4.69) is 26.5 Å². The molecule has 176 valence electrons. The summed E-state index contributed by atoms with van der Waals surface area (Å²) in [6.07, 6.45) is 1.38. The molecule has 0 aromatic heterocycles. The Bertz CT molecular complexity index is 1110. The van der Waals surface area contributed by atoms with E-state index in [0.717, 1.165) is 0 Å². The van der Waals surface area contributed by atoms with Crippen LogP contribution < -0.4 is 10.2 Å². The van der Waals surface area contributed by atoms with Gasteiger partial charge in [-0.25, -0.2) is 10.2 Å². The van der Waals surface area contributed by atoms with Gasteiger partial charge in [0.05, 0.1) is 22.3 Å². The fourth-order valence-corrected chi connectivity index (χ4v) is 4.15. The first-order valence-corrected chi connectivity index (χ1v) is 11.5. The highest BCUT2D eigenvalue weighted by Crippen LogP contribution is 2.34. The van der Waals surface area contributed by atoms with E-state index in [1.54, 1.807) is 79.7 Å². The van der Waals surface area contributed by atoms with Gasteiger partial charge < -0.3 is 14.6 Å². The SMILES string of the molecule is CCOC(=O)COc1c(Cl)cc(C=NNC(=O)C(O)(c2ccccc2)c2ccccc2)cc1Br. The summed E-state index contributed by atoms with van der Waals surface area (Å²) in [7, 11) is 0. The Morgan fingerprint density at radius 1 is 1.09 bits per heavy atom. The van der Waals surface area contributed by atoms with E-state index in [4.69, 9.17) is 21.1 Å². The van der Waals surface area contributed by atoms with E-state index in [-0.39, 0.29) is 24.0 Å². The number of rotatable bonds is 9. The van der Waals surface area contributed by atoms with Gasteiger partial charge in [0.25, 0.3) is 5.91 Å². The van der Waals surface area contributed by atoms with E-state index in [9.17, 15) is 14.7 Å². The predicted molar refractivity (Wildman–Crippen MR) is 133 cm³/mol. The molecule has 0 heterocycles. The van der Waals surface area contributed by atoms with Crippen LogP contribution in [0.3, 0.4) is 0 Å². The highest BCUT2D eigenvalue weighted by Gasteiger charge is 2.39. The zero-order valence-electron chi connectivity index (χ0n) is 18.2. The number of amides is 1. The molecule has 34 heavy (non-hydrogen) atoms. The summed E-state index contributed by atoms with van der Waals surface area (Å²) in [6, 6.07) is 20.4. The van der Waals surface area contributed by atoms with Crippen molar-refractivity contribution in [3.8, 4) is 5.75 Å². The molecule has 0 radical (unpaired) electrons. The molecule has 3 rings (SSSR count). The van der Waals surface area contributed by atoms with Crippen molar-refractivity contribution >= 4 is 45.6 Å². The third kappa shape index (κ3) is 6.02. The second-order valence-electron chi connectivity index (χ2n) is 7.05. The summed E-state index contributed by atoms with van der Waals surface area (Å²) < 4.78 is 10.7. The number of carbonyl (C=O) groups excluding carboxylic acids is 2. The summed E-state index contributed by atoms with van der Waals surface area (Å²) in [5.41, 5.74) is 1.82. The zero-order valence-corrected chi connectivity index (χ0v) is 20.5. The molecule has 1 amide bonds. The highest BCUT2D eigenvalue weighted by molar-refractivity contribution is 9.10. The van der Waals surface area contributed by atoms with Crippen LogP contribution in [0, 0.1) is 0 Å². The number of carbonyl (C=O) groups is 2. The van der Waals surface area contributed by atoms with Crippen LogP contribution in [0.25, 0.3) is 0 Å². The van der Waals surface area contributed by atoms with Gasteiger partial charge in [-0.3, -0.25) is 4.79 Å². The third-order valence-electron chi connectivity index (χ3n) is 4.75. The van der Waals surface area contributed by atoms with Crippen molar-refractivity contribution in [2.24, 2.45) is 5.10 Å². The van der Waals surface area contributed by atoms with Crippen molar-refractivity contribution in [2.45, 2.75) is 12.5 Å². The Morgan fingerprint density at radius 3 is 2.21 bits per heavy atom. The predicted octanol–water partition coefficient (Wildman–Crippen LogP) is 4.43. The van der Waals surface area contributed by atoms with Crippen LogP contribution in [-0.2, 0) is 19.9 Å². The lowest BCUT2D eigenvalue weighted by molar-refractivity contribution is -0.145. The fourth-order valence-electron chi connectivity index (χ4n) is 3.16. The molecule has 0 aliphatic heterocycles. The summed E-state index contributed by atoms with van der Waals surface area (Å²) in [6.45, 7) is 1.67. The van der Waals surface area contributed by atoms with Gasteiger partial charge in [0.1, 0.15) is 0 Å². The summed E-state index contributed by atoms with van der Waals surface area (Å²) in [5.74, 6) is -0.956. The van der Waals surface area contributed by atoms with Gasteiger partial charge in [-0.2, -0.15) is 5.10 Å². The molecule has 0 saturated carbocycles. The number of nitrogens with zero attached hydrogens (tertiary/aromatic N) is 1. The topological polar surface area (TPSA) is 97.2 Å². The number of esters is 1. The molecular weight excluding hydrogens is 524 g/mol. The van der Waals surface area contributed by atoms with Crippen molar-refractivity contribution in [1.29, 1.82) is 0 Å². The molecular formula is C25H22BrClN2O5. The second-order valence-corrected chi connectivity index (χ2v) is 8.31. The van der Waals surface area contributed by atoms with Crippen LogP contribution in [0.1, 0.15) is 23.6 Å². The summed E-state index contributed by atoms with van der Waals surface area (Å²) in [5, 5.41) is 15.6. The minimum atomic E-state index is -1.94. The standard InChI is InChI=1S/C25H22BrClN2O5/c1-2-33-22(30)16-34-23-20(26)13-17(14-21(23)27)15-28-29-24(31)25(32,18-9-5-3-6-10-18)19-11-7-4-8-12-19/h3-15,32H,2,16H2,1H3,(H,29,31). The van der Waals surface area contributed by atoms with Gasteiger partial charge in [0.15, 0.2) is 18.0 Å². The number of halogens is 2. The lowest BCUT2D eigenvalue weighted by Crippen LogP contribution is -2.43. The molecule has 0 saturated heterocycles. The molecule has 0 fully saturated rings. The molecule has 7 nitrogen and oxygen atoms in total. The Hall–Kier alpha value is -3.20. The minimum Gasteiger partial charge on any atom is -0.479 e. The third-order valence-corrected chi connectivity index (χ3v) is 5.62. The van der Waals surface area contributed by atoms with E-state index >= 15 is 0 Å². The zero-order chi connectivity index (χ0) is 24.6. The van der Waals surface area contributed by atoms with Crippen molar-refractivity contribution in [1.82, 2.24) is 5.43 Å². The highest BCUT2D eigenvalue weighted by atomic mass is 79.9. The number of hydrazone groups is 1. The minimum absolute atomic E-state index is 0.233. The van der Waals surface area contributed by atoms with Gasteiger partial charge in [-0.15, -0.1) is 0 Å². The Morgan fingerprint density at radius 2 is 1.68 bits per heavy atom. The number of hydrogen-bond acceptors (Lipinski definition) is 6. The average Bonchev–Trinajstić information content (AvgIpc) is 2.84. The van der Waals surface area contributed by atoms with Gasteiger partial charge in [-0.05, 0) is 51.7 Å². The molecule has 0 unspecified atom stereocenters. The van der Waals surface area contributed by atoms with Crippen LogP contribution >= 0.6 is 27.5 Å². The molecule has 0 spiro atoms. The van der Waals surface area contributed by atoms with Crippen molar-refractivity contribution < 1.29 is 24.2 Å². The largest absolute Gasteiger partial charge is 0.479 e. The molecule has 2 N–H and O–H groups in total. The fraction of sp³-hybridized carbons (Fsp3) is 0.160. The van der Waals surface area contributed by atoms with E-state index in [1.807, 2.05) is 0 Å². The average molecular weight is 546 g/mol. The normalized spacial score (nSPS) is 11.3. The molecule has 0 atom stereocenters. The van der Waals surface area contributed by atoms with Crippen molar-refractivity contribution in [2.75, 3.05) is 13.2 Å². The van der Waals surface area contributed by atoms with Crippen LogP contribution in [0.15, 0.2) is 82.4 Å². The number of ether oxygens (including phenoxy) is 2. The van der Waals surface area contributed by atoms with Crippen molar-refractivity contribution in [3.63, 3.8) is 0 Å². The van der Waals surface area contributed by atoms with E-state index in [0.29, 0.717) is 21.2 Å². The second kappa shape index (κ2) is 11.8. The van der Waals surface area contributed by atoms with Crippen LogP contribution in [0.5, 0.6) is 5.75 Å². The van der Waals surface area contributed by atoms with Gasteiger partial charge in [0.2, 0.25) is 0 Å². The lowest BCUT2D eigenvalue weighted by atomic mass is 9.85. The maximum absolute atomic E-state index is 13.1.